The van der Waals surface area contributed by atoms with E-state index in [4.69, 9.17) is 15.2 Å². The van der Waals surface area contributed by atoms with Crippen LogP contribution in [0.15, 0.2) is 24.3 Å². The van der Waals surface area contributed by atoms with Crippen molar-refractivity contribution in [1.82, 2.24) is 10.5 Å². The Balaban J connectivity index is 2.25. The van der Waals surface area contributed by atoms with Gasteiger partial charge in [-0.25, -0.2) is 19.2 Å². The van der Waals surface area contributed by atoms with E-state index in [1.54, 1.807) is 12.1 Å². The molecule has 0 bridgehead atoms. The summed E-state index contributed by atoms with van der Waals surface area (Å²) in [6.07, 6.45) is -0.192. The molecule has 0 aliphatic rings. The number of nitrogens with zero attached hydrogens (tertiary/aromatic N) is 2. The van der Waals surface area contributed by atoms with E-state index in [-0.39, 0.29) is 30.1 Å². The fourth-order valence-electron chi connectivity index (χ4n) is 2.06. The number of hydroxylamine groups is 1. The number of carbonyl (C=O) groups excluding carboxylic acids is 2. The van der Waals surface area contributed by atoms with Gasteiger partial charge in [-0.3, -0.25) is 14.8 Å². The molecule has 0 atom stereocenters. The van der Waals surface area contributed by atoms with Crippen LogP contribution in [-0.2, 0) is 9.53 Å². The Hall–Kier alpha value is -2.69. The zero-order valence-electron chi connectivity index (χ0n) is 14.1. The Labute approximate surface area is 171 Å². The largest absolute Gasteiger partial charge is 0.373 e. The first kappa shape index (κ1) is 21.6. The van der Waals surface area contributed by atoms with E-state index in [1.807, 2.05) is 22.6 Å². The molecule has 0 saturated carbocycles. The minimum Gasteiger partial charge on any atom is -0.373 e. The molecule has 0 aliphatic carbocycles. The average Bonchev–Trinajstić information content (AvgIpc) is 2.67. The van der Waals surface area contributed by atoms with Gasteiger partial charge in [0.15, 0.2) is 17.3 Å². The van der Waals surface area contributed by atoms with Crippen LogP contribution in [0.5, 0.6) is 0 Å². The second-order valence-electron chi connectivity index (χ2n) is 5.34. The smallest absolute Gasteiger partial charge is 0.245 e. The number of amides is 1. The van der Waals surface area contributed by atoms with Crippen molar-refractivity contribution >= 4 is 45.8 Å². The van der Waals surface area contributed by atoms with Gasteiger partial charge in [-0.2, -0.15) is 5.26 Å². The van der Waals surface area contributed by atoms with E-state index in [9.17, 15) is 18.4 Å². The van der Waals surface area contributed by atoms with Crippen LogP contribution < -0.4 is 10.8 Å². The molecule has 0 unspecified atom stereocenters. The maximum Gasteiger partial charge on any atom is 0.245 e. The normalized spacial score (nSPS) is 10.2. The average molecular weight is 502 g/mol. The lowest BCUT2D eigenvalue weighted by Gasteiger charge is -2.12. The quantitative estimate of drug-likeness (QED) is 0.167. The second kappa shape index (κ2) is 10.0. The molecule has 2 rings (SSSR count). The van der Waals surface area contributed by atoms with Crippen LogP contribution in [0.2, 0.25) is 0 Å². The van der Waals surface area contributed by atoms with Gasteiger partial charge in [-0.05, 0) is 46.9 Å². The van der Waals surface area contributed by atoms with Crippen molar-refractivity contribution in [2.75, 3.05) is 18.5 Å². The number of rotatable bonds is 8. The molecule has 3 N–H and O–H groups in total. The van der Waals surface area contributed by atoms with Gasteiger partial charge in [0.2, 0.25) is 5.91 Å². The summed E-state index contributed by atoms with van der Waals surface area (Å²) in [5.41, 5.74) is 0.581. The molecule has 0 radical (unpaired) electrons. The van der Waals surface area contributed by atoms with E-state index in [2.05, 4.69) is 10.3 Å². The highest BCUT2D eigenvalue weighted by Crippen LogP contribution is 2.25. The summed E-state index contributed by atoms with van der Waals surface area (Å²) in [6.45, 7) is -0.686. The summed E-state index contributed by atoms with van der Waals surface area (Å²) in [5.74, 6) is -3.25. The molecule has 8 nitrogen and oxygen atoms in total. The van der Waals surface area contributed by atoms with Crippen molar-refractivity contribution in [3.05, 3.63) is 50.7 Å². The molecule has 146 valence electrons. The fourth-order valence-corrected chi connectivity index (χ4v) is 2.51. The summed E-state index contributed by atoms with van der Waals surface area (Å²) >= 11 is 1.92. The number of carbonyl (C=O) groups is 2. The number of hydrogen-bond acceptors (Lipinski definition) is 7. The molecule has 0 saturated heterocycles. The molecule has 1 heterocycles. The Morgan fingerprint density at radius 2 is 2.04 bits per heavy atom. The van der Waals surface area contributed by atoms with Crippen LogP contribution in [0.1, 0.15) is 22.5 Å². The predicted molar refractivity (Wildman–Crippen MR) is 101 cm³/mol. The monoisotopic (exact) mass is 502 g/mol. The zero-order valence-corrected chi connectivity index (χ0v) is 16.3. The summed E-state index contributed by atoms with van der Waals surface area (Å²) in [4.78, 5) is 27.0. The van der Waals surface area contributed by atoms with E-state index in [0.29, 0.717) is 3.57 Å². The highest BCUT2D eigenvalue weighted by molar-refractivity contribution is 14.1. The van der Waals surface area contributed by atoms with Crippen molar-refractivity contribution in [2.24, 2.45) is 0 Å². The summed E-state index contributed by atoms with van der Waals surface area (Å²) in [6, 6.07) is 6.62. The lowest BCUT2D eigenvalue weighted by atomic mass is 10.1. The van der Waals surface area contributed by atoms with Crippen LogP contribution in [0, 0.1) is 26.5 Å². The standard InChI is InChI=1S/C17H13F2IN4O4/c18-11-5-9(20)1-2-13(11)22-17-10(6-12(19)14(7-21)23-17)15(25)8-28-4-3-16(26)24-27/h1-2,5-6,27H,3-4,8H2,(H,22,23)(H,24,26). The molecular weight excluding hydrogens is 489 g/mol. The van der Waals surface area contributed by atoms with Gasteiger partial charge < -0.3 is 10.1 Å². The molecule has 28 heavy (non-hydrogen) atoms. The van der Waals surface area contributed by atoms with E-state index >= 15 is 0 Å². The highest BCUT2D eigenvalue weighted by Gasteiger charge is 2.19. The first-order chi connectivity index (χ1) is 13.3. The SMILES string of the molecule is N#Cc1nc(Nc2ccc(I)cc2F)c(C(=O)COCCC(=O)NO)cc1F. The molecule has 11 heteroatoms. The Bertz CT molecular complexity index is 949. The molecule has 0 spiro atoms. The predicted octanol–water partition coefficient (Wildman–Crippen LogP) is 2.67. The maximum absolute atomic E-state index is 14.1. The van der Waals surface area contributed by atoms with E-state index < -0.39 is 35.6 Å². The lowest BCUT2D eigenvalue weighted by molar-refractivity contribution is -0.130. The Morgan fingerprint density at radius 1 is 1.29 bits per heavy atom. The van der Waals surface area contributed by atoms with Crippen molar-refractivity contribution in [3.8, 4) is 6.07 Å². The lowest BCUT2D eigenvalue weighted by Crippen LogP contribution is -2.21. The minimum atomic E-state index is -1.01. The number of ether oxygens (including phenoxy) is 1. The number of halogens is 3. The number of ketones is 1. The topological polar surface area (TPSA) is 124 Å². The first-order valence-corrected chi connectivity index (χ1v) is 8.80. The fraction of sp³-hybridized carbons (Fsp3) is 0.176. The van der Waals surface area contributed by atoms with Gasteiger partial charge in [0.1, 0.15) is 24.3 Å². The van der Waals surface area contributed by atoms with Crippen LogP contribution in [0.25, 0.3) is 0 Å². The van der Waals surface area contributed by atoms with Crippen molar-refractivity contribution < 1.29 is 28.3 Å². The second-order valence-corrected chi connectivity index (χ2v) is 6.58. The molecule has 2 aromatic rings. The molecule has 1 aromatic heterocycles. The number of nitrogens with one attached hydrogen (secondary N) is 2. The van der Waals surface area contributed by atoms with Crippen molar-refractivity contribution in [1.29, 1.82) is 5.26 Å². The third-order valence-electron chi connectivity index (χ3n) is 3.40. The van der Waals surface area contributed by atoms with E-state index in [1.165, 1.54) is 17.6 Å². The number of benzene rings is 1. The minimum absolute atomic E-state index is 0.0157. The van der Waals surface area contributed by atoms with Gasteiger partial charge in [0.05, 0.1) is 24.3 Å². The van der Waals surface area contributed by atoms with Crippen molar-refractivity contribution in [2.45, 2.75) is 6.42 Å². The van der Waals surface area contributed by atoms with Crippen LogP contribution in [0.3, 0.4) is 0 Å². The van der Waals surface area contributed by atoms with Crippen LogP contribution in [0.4, 0.5) is 20.3 Å². The Kier molecular flexibility index (Phi) is 7.73. The number of hydrogen-bond donors (Lipinski definition) is 3. The molecule has 0 aliphatic heterocycles. The molecule has 1 amide bonds. The highest BCUT2D eigenvalue weighted by atomic mass is 127. The van der Waals surface area contributed by atoms with Crippen LogP contribution >= 0.6 is 22.6 Å². The summed E-state index contributed by atoms with van der Waals surface area (Å²) in [5, 5.41) is 19.9. The van der Waals surface area contributed by atoms with E-state index in [0.717, 1.165) is 6.07 Å². The van der Waals surface area contributed by atoms with Crippen LogP contribution in [-0.4, -0.2) is 35.1 Å². The Morgan fingerprint density at radius 3 is 2.68 bits per heavy atom. The van der Waals surface area contributed by atoms with Gasteiger partial charge in [-0.15, -0.1) is 0 Å². The summed E-state index contributed by atoms with van der Waals surface area (Å²) < 4.78 is 33.7. The third-order valence-corrected chi connectivity index (χ3v) is 4.07. The van der Waals surface area contributed by atoms with Gasteiger partial charge in [0, 0.05) is 3.57 Å². The summed E-state index contributed by atoms with van der Waals surface area (Å²) in [7, 11) is 0. The van der Waals surface area contributed by atoms with Gasteiger partial charge in [-0.1, -0.05) is 0 Å². The molecule has 1 aromatic carbocycles. The number of nitriles is 1. The number of pyridine rings is 1. The number of Topliss-reactive ketones (excluding diaryl/α,β-unsaturated/α-hetero) is 1. The first-order valence-electron chi connectivity index (χ1n) is 7.72. The number of anilines is 2. The van der Waals surface area contributed by atoms with Gasteiger partial charge in [0.25, 0.3) is 0 Å². The third kappa shape index (κ3) is 5.65. The van der Waals surface area contributed by atoms with Crippen molar-refractivity contribution in [3.63, 3.8) is 0 Å². The zero-order chi connectivity index (χ0) is 20.7. The van der Waals surface area contributed by atoms with Gasteiger partial charge >= 0.3 is 0 Å². The molecular formula is C17H13F2IN4O4. The molecule has 0 fully saturated rings. The maximum atomic E-state index is 14.1. The number of aromatic nitrogens is 1.